The molecule has 1 aromatic carbocycles. The van der Waals surface area contributed by atoms with Crippen molar-refractivity contribution in [2.24, 2.45) is 0 Å². The number of hydrogen-bond acceptors (Lipinski definition) is 5. The molecule has 6 heteroatoms. The maximum atomic E-state index is 11.7. The van der Waals surface area contributed by atoms with Crippen LogP contribution in [0.1, 0.15) is 31.1 Å². The SMILES string of the molecule is CC(C)(C)NC(=O)COc1cc2c(cc1C=O)OCO2. The van der Waals surface area contributed by atoms with Crippen molar-refractivity contribution in [2.75, 3.05) is 13.4 Å². The van der Waals surface area contributed by atoms with Crippen molar-refractivity contribution in [2.45, 2.75) is 26.3 Å². The fourth-order valence-corrected chi connectivity index (χ4v) is 1.75. The van der Waals surface area contributed by atoms with E-state index >= 15 is 0 Å². The van der Waals surface area contributed by atoms with Crippen LogP contribution in [0.5, 0.6) is 17.2 Å². The van der Waals surface area contributed by atoms with Gasteiger partial charge in [-0.25, -0.2) is 0 Å². The second-order valence-electron chi connectivity index (χ2n) is 5.45. The van der Waals surface area contributed by atoms with Gasteiger partial charge in [0.25, 0.3) is 5.91 Å². The lowest BCUT2D eigenvalue weighted by molar-refractivity contribution is -0.124. The van der Waals surface area contributed by atoms with E-state index in [-0.39, 0.29) is 24.8 Å². The molecule has 0 saturated heterocycles. The standard InChI is InChI=1S/C14H17NO5/c1-14(2,3)15-13(17)7-18-10-5-12-11(19-8-20-12)4-9(10)6-16/h4-6H,7-8H2,1-3H3,(H,15,17). The zero-order valence-electron chi connectivity index (χ0n) is 11.7. The molecule has 0 spiro atoms. The lowest BCUT2D eigenvalue weighted by Crippen LogP contribution is -2.43. The smallest absolute Gasteiger partial charge is 0.258 e. The molecular weight excluding hydrogens is 262 g/mol. The van der Waals surface area contributed by atoms with Crippen LogP contribution < -0.4 is 19.5 Å². The zero-order chi connectivity index (χ0) is 14.8. The lowest BCUT2D eigenvalue weighted by Gasteiger charge is -2.20. The van der Waals surface area contributed by atoms with Crippen LogP contribution >= 0.6 is 0 Å². The van der Waals surface area contributed by atoms with Crippen molar-refractivity contribution in [1.82, 2.24) is 5.32 Å². The van der Waals surface area contributed by atoms with Crippen LogP contribution in [-0.2, 0) is 4.79 Å². The number of hydrogen-bond donors (Lipinski definition) is 1. The Labute approximate surface area is 117 Å². The lowest BCUT2D eigenvalue weighted by atomic mass is 10.1. The largest absolute Gasteiger partial charge is 0.483 e. The van der Waals surface area contributed by atoms with Crippen LogP contribution in [0, 0.1) is 0 Å². The van der Waals surface area contributed by atoms with Gasteiger partial charge in [0, 0.05) is 11.6 Å². The van der Waals surface area contributed by atoms with Gasteiger partial charge >= 0.3 is 0 Å². The van der Waals surface area contributed by atoms with Gasteiger partial charge in [-0.05, 0) is 26.8 Å². The Balaban J connectivity index is 2.06. The maximum absolute atomic E-state index is 11.7. The van der Waals surface area contributed by atoms with E-state index < -0.39 is 0 Å². The van der Waals surface area contributed by atoms with Gasteiger partial charge in [0.05, 0.1) is 5.56 Å². The maximum Gasteiger partial charge on any atom is 0.258 e. The summed E-state index contributed by atoms with van der Waals surface area (Å²) >= 11 is 0. The van der Waals surface area contributed by atoms with Gasteiger partial charge in [-0.15, -0.1) is 0 Å². The molecule has 0 aromatic heterocycles. The number of ether oxygens (including phenoxy) is 3. The normalized spacial score (nSPS) is 12.9. The van der Waals surface area contributed by atoms with Crippen molar-refractivity contribution in [3.63, 3.8) is 0 Å². The fourth-order valence-electron chi connectivity index (χ4n) is 1.75. The van der Waals surface area contributed by atoms with Gasteiger partial charge in [-0.2, -0.15) is 0 Å². The molecule has 0 fully saturated rings. The summed E-state index contributed by atoms with van der Waals surface area (Å²) in [6.07, 6.45) is 0.652. The van der Waals surface area contributed by atoms with E-state index in [1.54, 1.807) is 6.07 Å². The highest BCUT2D eigenvalue weighted by atomic mass is 16.7. The van der Waals surface area contributed by atoms with Crippen LogP contribution in [0.15, 0.2) is 12.1 Å². The number of carbonyl (C=O) groups excluding carboxylic acids is 2. The van der Waals surface area contributed by atoms with E-state index in [1.807, 2.05) is 20.8 Å². The van der Waals surface area contributed by atoms with Crippen LogP contribution in [-0.4, -0.2) is 31.1 Å². The Morgan fingerprint density at radius 3 is 2.60 bits per heavy atom. The summed E-state index contributed by atoms with van der Waals surface area (Å²) in [7, 11) is 0. The first-order valence-electron chi connectivity index (χ1n) is 6.22. The molecule has 1 aliphatic heterocycles. The first-order valence-corrected chi connectivity index (χ1v) is 6.22. The Bertz CT molecular complexity index is 533. The molecular formula is C14H17NO5. The number of benzene rings is 1. The molecule has 1 amide bonds. The van der Waals surface area contributed by atoms with Crippen molar-refractivity contribution >= 4 is 12.2 Å². The highest BCUT2D eigenvalue weighted by molar-refractivity contribution is 5.82. The van der Waals surface area contributed by atoms with E-state index in [1.165, 1.54) is 6.07 Å². The van der Waals surface area contributed by atoms with Gasteiger partial charge in [0.15, 0.2) is 24.4 Å². The van der Waals surface area contributed by atoms with E-state index in [2.05, 4.69) is 5.32 Å². The van der Waals surface area contributed by atoms with Crippen molar-refractivity contribution < 1.29 is 23.8 Å². The molecule has 108 valence electrons. The monoisotopic (exact) mass is 279 g/mol. The molecule has 1 aliphatic rings. The Kier molecular flexibility index (Phi) is 3.83. The third kappa shape index (κ3) is 3.40. The minimum Gasteiger partial charge on any atom is -0.483 e. The predicted molar refractivity (Wildman–Crippen MR) is 71.3 cm³/mol. The summed E-state index contributed by atoms with van der Waals surface area (Å²) in [5.74, 6) is 1.04. The summed E-state index contributed by atoms with van der Waals surface area (Å²) in [6, 6.07) is 3.09. The van der Waals surface area contributed by atoms with Gasteiger partial charge in [-0.3, -0.25) is 9.59 Å². The highest BCUT2D eigenvalue weighted by Crippen LogP contribution is 2.37. The van der Waals surface area contributed by atoms with Gasteiger partial charge in [0.2, 0.25) is 6.79 Å². The minimum atomic E-state index is -0.331. The van der Waals surface area contributed by atoms with Crippen molar-refractivity contribution in [1.29, 1.82) is 0 Å². The van der Waals surface area contributed by atoms with E-state index in [4.69, 9.17) is 14.2 Å². The van der Waals surface area contributed by atoms with Gasteiger partial charge in [0.1, 0.15) is 5.75 Å². The molecule has 0 atom stereocenters. The molecule has 1 aromatic rings. The summed E-state index contributed by atoms with van der Waals surface area (Å²) in [4.78, 5) is 22.7. The Morgan fingerprint density at radius 1 is 1.35 bits per heavy atom. The molecule has 6 nitrogen and oxygen atoms in total. The quantitative estimate of drug-likeness (QED) is 0.846. The molecule has 1 heterocycles. The number of amides is 1. The van der Waals surface area contributed by atoms with E-state index in [0.717, 1.165) is 0 Å². The van der Waals surface area contributed by atoms with E-state index in [9.17, 15) is 9.59 Å². The van der Waals surface area contributed by atoms with Gasteiger partial charge in [-0.1, -0.05) is 0 Å². The molecule has 0 aliphatic carbocycles. The third-order valence-corrected chi connectivity index (χ3v) is 2.51. The van der Waals surface area contributed by atoms with Gasteiger partial charge < -0.3 is 19.5 Å². The number of rotatable bonds is 4. The number of aldehydes is 1. The number of nitrogens with one attached hydrogen (secondary N) is 1. The van der Waals surface area contributed by atoms with Crippen LogP contribution in [0.3, 0.4) is 0 Å². The Hall–Kier alpha value is -2.24. The average Bonchev–Trinajstić information content (AvgIpc) is 2.79. The number of carbonyl (C=O) groups is 2. The fraction of sp³-hybridized carbons (Fsp3) is 0.429. The molecule has 20 heavy (non-hydrogen) atoms. The van der Waals surface area contributed by atoms with Crippen molar-refractivity contribution in [3.8, 4) is 17.2 Å². The first kappa shape index (κ1) is 14.2. The molecule has 0 bridgehead atoms. The topological polar surface area (TPSA) is 73.9 Å². The molecule has 2 rings (SSSR count). The minimum absolute atomic E-state index is 0.113. The predicted octanol–water partition coefficient (Wildman–Crippen LogP) is 1.52. The van der Waals surface area contributed by atoms with Crippen LogP contribution in [0.2, 0.25) is 0 Å². The molecule has 0 saturated carbocycles. The third-order valence-electron chi connectivity index (χ3n) is 2.51. The summed E-state index contributed by atoms with van der Waals surface area (Å²) in [5, 5.41) is 2.77. The second-order valence-corrected chi connectivity index (χ2v) is 5.45. The zero-order valence-corrected chi connectivity index (χ0v) is 11.7. The number of fused-ring (bicyclic) bond motifs is 1. The van der Waals surface area contributed by atoms with Crippen LogP contribution in [0.25, 0.3) is 0 Å². The summed E-state index contributed by atoms with van der Waals surface area (Å²) in [6.45, 7) is 5.58. The average molecular weight is 279 g/mol. The summed E-state index contributed by atoms with van der Waals surface area (Å²) in [5.41, 5.74) is -0.0131. The van der Waals surface area contributed by atoms with Crippen molar-refractivity contribution in [3.05, 3.63) is 17.7 Å². The molecule has 0 radical (unpaired) electrons. The second kappa shape index (κ2) is 5.40. The van der Waals surface area contributed by atoms with Crippen LogP contribution in [0.4, 0.5) is 0 Å². The highest BCUT2D eigenvalue weighted by Gasteiger charge is 2.19. The molecule has 1 N–H and O–H groups in total. The Morgan fingerprint density at radius 2 is 2.00 bits per heavy atom. The first-order chi connectivity index (χ1) is 9.39. The van der Waals surface area contributed by atoms with E-state index in [0.29, 0.717) is 29.1 Å². The summed E-state index contributed by atoms with van der Waals surface area (Å²) < 4.78 is 15.8. The molecule has 0 unspecified atom stereocenters.